The van der Waals surface area contributed by atoms with Gasteiger partial charge in [0.15, 0.2) is 0 Å². The first-order chi connectivity index (χ1) is 9.49. The van der Waals surface area contributed by atoms with Crippen LogP contribution in [0.2, 0.25) is 0 Å². The molecule has 0 aliphatic heterocycles. The highest BCUT2D eigenvalue weighted by Gasteiger charge is 2.12. The van der Waals surface area contributed by atoms with E-state index in [1.54, 1.807) is 18.2 Å². The highest BCUT2D eigenvalue weighted by molar-refractivity contribution is 7.89. The summed E-state index contributed by atoms with van der Waals surface area (Å²) in [5.74, 6) is 2.76. The maximum absolute atomic E-state index is 12.1. The molecular weight excluding hydrogens is 270 g/mol. The van der Waals surface area contributed by atoms with Crippen molar-refractivity contribution in [1.29, 1.82) is 0 Å². The molecule has 0 fully saturated rings. The summed E-state index contributed by atoms with van der Waals surface area (Å²) in [4.78, 5) is 0.225. The first kappa shape index (κ1) is 14.2. The molecule has 0 heterocycles. The van der Waals surface area contributed by atoms with E-state index in [0.29, 0.717) is 0 Å². The Bertz CT molecular complexity index is 769. The van der Waals surface area contributed by atoms with Crippen LogP contribution in [0.3, 0.4) is 0 Å². The summed E-state index contributed by atoms with van der Waals surface area (Å²) in [6.07, 6.45) is 0. The van der Waals surface area contributed by atoms with Gasteiger partial charge in [-0.15, -0.1) is 0 Å². The molecule has 0 radical (unpaired) electrons. The van der Waals surface area contributed by atoms with E-state index in [0.717, 1.165) is 16.7 Å². The van der Waals surface area contributed by atoms with E-state index in [4.69, 9.17) is 0 Å². The van der Waals surface area contributed by atoms with Crippen LogP contribution in [0.4, 0.5) is 0 Å². The molecule has 0 aromatic heterocycles. The van der Waals surface area contributed by atoms with Gasteiger partial charge in [-0.3, -0.25) is 0 Å². The number of rotatable bonds is 2. The van der Waals surface area contributed by atoms with Crippen molar-refractivity contribution in [3.05, 3.63) is 65.2 Å². The zero-order valence-corrected chi connectivity index (χ0v) is 12.2. The van der Waals surface area contributed by atoms with E-state index < -0.39 is 10.0 Å². The monoisotopic (exact) mass is 285 g/mol. The molecule has 1 N–H and O–H groups in total. The molecule has 0 spiro atoms. The third kappa shape index (κ3) is 3.40. The fourth-order valence-electron chi connectivity index (χ4n) is 1.63. The van der Waals surface area contributed by atoms with Gasteiger partial charge >= 0.3 is 0 Å². The SMILES string of the molecule is Cc1ccc(S(=O)(=O)NC#Cc2ccccc2)cc1C. The molecule has 20 heavy (non-hydrogen) atoms. The lowest BCUT2D eigenvalue weighted by Crippen LogP contribution is -2.18. The minimum atomic E-state index is -3.59. The molecule has 0 atom stereocenters. The molecule has 0 unspecified atom stereocenters. The predicted octanol–water partition coefficient (Wildman–Crippen LogP) is 2.59. The third-order valence-corrected chi connectivity index (χ3v) is 4.20. The van der Waals surface area contributed by atoms with Gasteiger partial charge in [0, 0.05) is 11.6 Å². The Kier molecular flexibility index (Phi) is 4.11. The van der Waals surface area contributed by atoms with Crippen LogP contribution in [0, 0.1) is 25.8 Å². The summed E-state index contributed by atoms with van der Waals surface area (Å²) in [6.45, 7) is 3.82. The van der Waals surface area contributed by atoms with Crippen molar-refractivity contribution in [2.45, 2.75) is 18.7 Å². The molecule has 0 saturated carbocycles. The summed E-state index contributed by atoms with van der Waals surface area (Å²) in [5, 5.41) is 0. The fourth-order valence-corrected chi connectivity index (χ4v) is 2.51. The minimum Gasteiger partial charge on any atom is -0.238 e. The van der Waals surface area contributed by atoms with Crippen LogP contribution < -0.4 is 4.72 Å². The molecule has 2 rings (SSSR count). The molecular formula is C16H15NO2S. The van der Waals surface area contributed by atoms with Crippen molar-refractivity contribution in [2.75, 3.05) is 0 Å². The van der Waals surface area contributed by atoms with Crippen molar-refractivity contribution in [1.82, 2.24) is 4.72 Å². The van der Waals surface area contributed by atoms with Gasteiger partial charge in [-0.1, -0.05) is 24.3 Å². The molecule has 2 aromatic rings. The second-order valence-electron chi connectivity index (χ2n) is 4.47. The Hall–Kier alpha value is -2.25. The second-order valence-corrected chi connectivity index (χ2v) is 6.15. The lowest BCUT2D eigenvalue weighted by Gasteiger charge is -2.05. The Labute approximate surface area is 119 Å². The summed E-state index contributed by atoms with van der Waals surface area (Å²) < 4.78 is 26.4. The predicted molar refractivity (Wildman–Crippen MR) is 79.6 cm³/mol. The van der Waals surface area contributed by atoms with Gasteiger partial charge in [-0.05, 0) is 55.2 Å². The van der Waals surface area contributed by atoms with Crippen LogP contribution in [0.15, 0.2) is 53.4 Å². The molecule has 3 nitrogen and oxygen atoms in total. The van der Waals surface area contributed by atoms with E-state index in [2.05, 4.69) is 16.7 Å². The van der Waals surface area contributed by atoms with Crippen LogP contribution in [-0.4, -0.2) is 8.42 Å². The molecule has 4 heteroatoms. The summed E-state index contributed by atoms with van der Waals surface area (Å²) in [5.41, 5.74) is 2.75. The Morgan fingerprint density at radius 3 is 2.30 bits per heavy atom. The molecule has 102 valence electrons. The fraction of sp³-hybridized carbons (Fsp3) is 0.125. The van der Waals surface area contributed by atoms with E-state index in [9.17, 15) is 8.42 Å². The quantitative estimate of drug-likeness (QED) is 0.681. The number of aryl methyl sites for hydroxylation is 2. The van der Waals surface area contributed by atoms with Gasteiger partial charge in [0.05, 0.1) is 4.90 Å². The van der Waals surface area contributed by atoms with Gasteiger partial charge in [-0.2, -0.15) is 0 Å². The van der Waals surface area contributed by atoms with Crippen molar-refractivity contribution >= 4 is 10.0 Å². The van der Waals surface area contributed by atoms with Crippen molar-refractivity contribution in [3.8, 4) is 12.0 Å². The largest absolute Gasteiger partial charge is 0.268 e. The van der Waals surface area contributed by atoms with E-state index in [-0.39, 0.29) is 4.90 Å². The first-order valence-electron chi connectivity index (χ1n) is 6.14. The number of hydrogen-bond acceptors (Lipinski definition) is 2. The van der Waals surface area contributed by atoms with Gasteiger partial charge in [0.25, 0.3) is 10.0 Å². The smallest absolute Gasteiger partial charge is 0.238 e. The molecule has 0 aliphatic rings. The maximum Gasteiger partial charge on any atom is 0.268 e. The molecule has 2 aromatic carbocycles. The Morgan fingerprint density at radius 1 is 0.950 bits per heavy atom. The summed E-state index contributed by atoms with van der Waals surface area (Å²) in [6, 6.07) is 16.7. The second kappa shape index (κ2) is 5.81. The first-order valence-corrected chi connectivity index (χ1v) is 7.62. The van der Waals surface area contributed by atoms with Gasteiger partial charge in [0.2, 0.25) is 0 Å². The Balaban J connectivity index is 2.20. The maximum atomic E-state index is 12.1. The lowest BCUT2D eigenvalue weighted by atomic mass is 10.1. The van der Waals surface area contributed by atoms with Gasteiger partial charge < -0.3 is 0 Å². The van der Waals surface area contributed by atoms with Crippen molar-refractivity contribution in [2.24, 2.45) is 0 Å². The molecule has 0 saturated heterocycles. The zero-order chi connectivity index (χ0) is 14.6. The summed E-state index contributed by atoms with van der Waals surface area (Å²) >= 11 is 0. The van der Waals surface area contributed by atoms with Gasteiger partial charge in [-0.25, -0.2) is 13.1 Å². The average Bonchev–Trinajstić information content (AvgIpc) is 2.43. The van der Waals surface area contributed by atoms with Crippen molar-refractivity contribution in [3.63, 3.8) is 0 Å². The molecule has 0 bridgehead atoms. The summed E-state index contributed by atoms with van der Waals surface area (Å²) in [7, 11) is -3.59. The number of nitrogens with one attached hydrogen (secondary N) is 1. The highest BCUT2D eigenvalue weighted by atomic mass is 32.2. The topological polar surface area (TPSA) is 46.2 Å². The van der Waals surface area contributed by atoms with Crippen LogP contribution >= 0.6 is 0 Å². The average molecular weight is 285 g/mol. The number of sulfonamides is 1. The van der Waals surface area contributed by atoms with Crippen LogP contribution in [0.1, 0.15) is 16.7 Å². The van der Waals surface area contributed by atoms with E-state index >= 15 is 0 Å². The van der Waals surface area contributed by atoms with Crippen molar-refractivity contribution < 1.29 is 8.42 Å². The van der Waals surface area contributed by atoms with E-state index in [1.807, 2.05) is 44.2 Å². The van der Waals surface area contributed by atoms with E-state index in [1.165, 1.54) is 0 Å². The molecule has 0 aliphatic carbocycles. The zero-order valence-electron chi connectivity index (χ0n) is 11.3. The van der Waals surface area contributed by atoms with Crippen LogP contribution in [0.25, 0.3) is 0 Å². The van der Waals surface area contributed by atoms with Gasteiger partial charge in [0.1, 0.15) is 0 Å². The number of benzene rings is 2. The number of hydrogen-bond donors (Lipinski definition) is 1. The standard InChI is InChI=1S/C16H15NO2S/c1-13-8-9-16(12-14(13)2)20(18,19)17-11-10-15-6-4-3-5-7-15/h3-9,12,17H,1-2H3. The third-order valence-electron chi connectivity index (χ3n) is 2.95. The lowest BCUT2D eigenvalue weighted by molar-refractivity contribution is 0.591. The van der Waals surface area contributed by atoms with Crippen LogP contribution in [0.5, 0.6) is 0 Å². The highest BCUT2D eigenvalue weighted by Crippen LogP contribution is 2.14. The normalized spacial score (nSPS) is 10.5. The van der Waals surface area contributed by atoms with Crippen LogP contribution in [-0.2, 0) is 10.0 Å². The minimum absolute atomic E-state index is 0.225. The Morgan fingerprint density at radius 2 is 1.65 bits per heavy atom. The molecule has 0 amide bonds.